The summed E-state index contributed by atoms with van der Waals surface area (Å²) in [5.74, 6) is -0.899. The van der Waals surface area contributed by atoms with Crippen LogP contribution in [0.1, 0.15) is 23.6 Å². The van der Waals surface area contributed by atoms with Crippen LogP contribution in [0.3, 0.4) is 0 Å². The largest absolute Gasteiger partial charge is 0.503 e. The lowest BCUT2D eigenvalue weighted by Gasteiger charge is -2.30. The first-order chi connectivity index (χ1) is 13.7. The molecule has 1 saturated heterocycles. The van der Waals surface area contributed by atoms with Crippen LogP contribution < -0.4 is 15.0 Å². The number of rotatable bonds is 4. The number of thiocarbonyl (C=S) groups is 1. The second-order valence-electron chi connectivity index (χ2n) is 6.53. The van der Waals surface area contributed by atoms with E-state index in [4.69, 9.17) is 17.0 Å². The van der Waals surface area contributed by atoms with Crippen molar-refractivity contribution < 1.29 is 19.4 Å². The number of halogens is 1. The van der Waals surface area contributed by atoms with Crippen LogP contribution in [-0.4, -0.2) is 28.6 Å². The van der Waals surface area contributed by atoms with Crippen molar-refractivity contribution >= 4 is 56.8 Å². The first-order valence-electron chi connectivity index (χ1n) is 8.87. The Kier molecular flexibility index (Phi) is 6.04. The van der Waals surface area contributed by atoms with Crippen molar-refractivity contribution in [3.05, 3.63) is 57.1 Å². The van der Waals surface area contributed by atoms with E-state index in [0.29, 0.717) is 22.3 Å². The molecule has 2 amide bonds. The van der Waals surface area contributed by atoms with Crippen molar-refractivity contribution in [2.75, 3.05) is 11.5 Å². The molecule has 0 bridgehead atoms. The molecule has 0 atom stereocenters. The third kappa shape index (κ3) is 4.18. The van der Waals surface area contributed by atoms with Crippen LogP contribution in [0.5, 0.6) is 11.5 Å². The Morgan fingerprint density at radius 2 is 1.97 bits per heavy atom. The molecule has 0 aliphatic carbocycles. The number of aryl methyl sites for hydroxylation is 2. The van der Waals surface area contributed by atoms with E-state index in [-0.39, 0.29) is 22.2 Å². The molecule has 2 N–H and O–H groups in total. The highest BCUT2D eigenvalue weighted by molar-refractivity contribution is 9.10. The maximum absolute atomic E-state index is 13.2. The van der Waals surface area contributed by atoms with Crippen molar-refractivity contribution in [2.24, 2.45) is 0 Å². The Hall–Kier alpha value is -2.71. The molecule has 8 heteroatoms. The van der Waals surface area contributed by atoms with Crippen LogP contribution in [-0.2, 0) is 9.59 Å². The molecule has 150 valence electrons. The van der Waals surface area contributed by atoms with Crippen molar-refractivity contribution in [3.8, 4) is 11.5 Å². The molecule has 0 aromatic heterocycles. The Morgan fingerprint density at radius 3 is 2.66 bits per heavy atom. The molecule has 0 spiro atoms. The summed E-state index contributed by atoms with van der Waals surface area (Å²) < 4.78 is 5.80. The summed E-state index contributed by atoms with van der Waals surface area (Å²) in [5, 5.41) is 12.7. The summed E-state index contributed by atoms with van der Waals surface area (Å²) in [6.45, 7) is 5.93. The summed E-state index contributed by atoms with van der Waals surface area (Å²) >= 11 is 8.52. The molecular weight excluding hydrogens is 456 g/mol. The van der Waals surface area contributed by atoms with Gasteiger partial charge in [-0.25, -0.2) is 0 Å². The van der Waals surface area contributed by atoms with Crippen molar-refractivity contribution in [1.82, 2.24) is 5.32 Å². The molecule has 2 aromatic carbocycles. The fourth-order valence-corrected chi connectivity index (χ4v) is 3.68. The number of hydrogen-bond acceptors (Lipinski definition) is 5. The average Bonchev–Trinajstić information content (AvgIpc) is 2.65. The van der Waals surface area contributed by atoms with Gasteiger partial charge in [-0.2, -0.15) is 0 Å². The molecule has 0 unspecified atom stereocenters. The zero-order valence-corrected chi connectivity index (χ0v) is 18.5. The van der Waals surface area contributed by atoms with Gasteiger partial charge in [0.15, 0.2) is 16.6 Å². The summed E-state index contributed by atoms with van der Waals surface area (Å²) in [6, 6.07) is 8.84. The molecule has 1 fully saturated rings. The number of ether oxygens (including phenoxy) is 1. The number of amides is 2. The average molecular weight is 475 g/mol. The predicted octanol–water partition coefficient (Wildman–Crippen LogP) is 4.00. The van der Waals surface area contributed by atoms with Crippen LogP contribution in [0, 0.1) is 13.8 Å². The first kappa shape index (κ1) is 21.0. The highest BCUT2D eigenvalue weighted by Crippen LogP contribution is 2.36. The van der Waals surface area contributed by atoms with Gasteiger partial charge < -0.3 is 9.84 Å². The lowest BCUT2D eigenvalue weighted by molar-refractivity contribution is -0.122. The lowest BCUT2D eigenvalue weighted by Crippen LogP contribution is -2.54. The van der Waals surface area contributed by atoms with E-state index >= 15 is 0 Å². The number of carbonyl (C=O) groups is 2. The van der Waals surface area contributed by atoms with E-state index in [1.54, 1.807) is 19.1 Å². The van der Waals surface area contributed by atoms with Gasteiger partial charge in [0.1, 0.15) is 5.57 Å². The Balaban J connectivity index is 2.07. The molecular formula is C21H19BrN2O4S. The first-order valence-corrected chi connectivity index (χ1v) is 10.1. The second-order valence-corrected chi connectivity index (χ2v) is 7.77. The zero-order valence-electron chi connectivity index (χ0n) is 16.1. The third-order valence-electron chi connectivity index (χ3n) is 4.37. The predicted molar refractivity (Wildman–Crippen MR) is 119 cm³/mol. The normalized spacial score (nSPS) is 15.7. The van der Waals surface area contributed by atoms with Gasteiger partial charge in [-0.05, 0) is 89.9 Å². The van der Waals surface area contributed by atoms with Crippen LogP contribution >= 0.6 is 28.1 Å². The van der Waals surface area contributed by atoms with Crippen LogP contribution in [0.25, 0.3) is 6.08 Å². The van der Waals surface area contributed by atoms with Gasteiger partial charge in [0.25, 0.3) is 11.8 Å². The Bertz CT molecular complexity index is 1060. The van der Waals surface area contributed by atoms with Gasteiger partial charge in [0.05, 0.1) is 16.8 Å². The van der Waals surface area contributed by atoms with E-state index < -0.39 is 11.8 Å². The number of aromatic hydroxyl groups is 1. The molecule has 0 radical (unpaired) electrons. The van der Waals surface area contributed by atoms with E-state index in [9.17, 15) is 14.7 Å². The molecule has 29 heavy (non-hydrogen) atoms. The maximum atomic E-state index is 13.2. The van der Waals surface area contributed by atoms with Crippen LogP contribution in [0.4, 0.5) is 5.69 Å². The number of benzene rings is 2. The smallest absolute Gasteiger partial charge is 0.270 e. The molecule has 1 heterocycles. The minimum absolute atomic E-state index is 0.0349. The molecule has 2 aromatic rings. The van der Waals surface area contributed by atoms with E-state index in [1.165, 1.54) is 11.0 Å². The summed E-state index contributed by atoms with van der Waals surface area (Å²) in [4.78, 5) is 27.0. The summed E-state index contributed by atoms with van der Waals surface area (Å²) in [6.07, 6.45) is 1.45. The number of phenols is 1. The second kappa shape index (κ2) is 8.34. The highest BCUT2D eigenvalue weighted by Gasteiger charge is 2.35. The van der Waals surface area contributed by atoms with Crippen LogP contribution in [0.15, 0.2) is 40.4 Å². The fraction of sp³-hybridized carbons (Fsp3) is 0.190. The van der Waals surface area contributed by atoms with Gasteiger partial charge in [-0.1, -0.05) is 12.1 Å². The summed E-state index contributed by atoms with van der Waals surface area (Å²) in [5.41, 5.74) is 2.89. The van der Waals surface area contributed by atoms with Gasteiger partial charge >= 0.3 is 0 Å². The molecule has 0 saturated carbocycles. The lowest BCUT2D eigenvalue weighted by atomic mass is 10.0. The highest BCUT2D eigenvalue weighted by atomic mass is 79.9. The van der Waals surface area contributed by atoms with Gasteiger partial charge in [0.2, 0.25) is 0 Å². The Labute approximate surface area is 182 Å². The fourth-order valence-electron chi connectivity index (χ4n) is 2.95. The molecule has 1 aliphatic heterocycles. The van der Waals surface area contributed by atoms with E-state index in [2.05, 4.69) is 21.2 Å². The van der Waals surface area contributed by atoms with Crippen LogP contribution in [0.2, 0.25) is 0 Å². The van der Waals surface area contributed by atoms with Crippen molar-refractivity contribution in [3.63, 3.8) is 0 Å². The standard InChI is InChI=1S/C21H19BrN2O4S/c1-4-28-17-10-13(9-15(22)18(17)25)8-14-19(26)23-21(29)24(20(14)27)16-7-11(2)5-6-12(16)3/h5-10,25H,4H2,1-3H3,(H,23,26,29)/b14-8+. The summed E-state index contributed by atoms with van der Waals surface area (Å²) in [7, 11) is 0. The van der Waals surface area contributed by atoms with E-state index in [1.807, 2.05) is 32.0 Å². The number of nitrogens with one attached hydrogen (secondary N) is 1. The zero-order chi connectivity index (χ0) is 21.3. The van der Waals surface area contributed by atoms with Crippen molar-refractivity contribution in [1.29, 1.82) is 0 Å². The number of carbonyl (C=O) groups excluding carboxylic acids is 2. The number of nitrogens with zero attached hydrogens (tertiary/aromatic N) is 1. The van der Waals surface area contributed by atoms with E-state index in [0.717, 1.165) is 11.1 Å². The van der Waals surface area contributed by atoms with Crippen molar-refractivity contribution in [2.45, 2.75) is 20.8 Å². The monoisotopic (exact) mass is 474 g/mol. The quantitative estimate of drug-likeness (QED) is 0.397. The third-order valence-corrected chi connectivity index (χ3v) is 5.26. The number of phenolic OH excluding ortho intramolecular Hbond substituents is 1. The number of hydrogen-bond donors (Lipinski definition) is 2. The topological polar surface area (TPSA) is 78.9 Å². The molecule has 3 rings (SSSR count). The molecule has 6 nitrogen and oxygen atoms in total. The minimum Gasteiger partial charge on any atom is -0.503 e. The SMILES string of the molecule is CCOc1cc(/C=C2\C(=O)NC(=S)N(c3cc(C)ccc3C)C2=O)cc(Br)c1O. The van der Waals surface area contributed by atoms with Gasteiger partial charge in [-0.15, -0.1) is 0 Å². The molecule has 1 aliphatic rings. The Morgan fingerprint density at radius 1 is 1.24 bits per heavy atom. The van der Waals surface area contributed by atoms with Gasteiger partial charge in [0, 0.05) is 0 Å². The minimum atomic E-state index is -0.580. The van der Waals surface area contributed by atoms with Gasteiger partial charge in [-0.3, -0.25) is 19.8 Å². The number of anilines is 1. The maximum Gasteiger partial charge on any atom is 0.270 e.